The molecule has 0 fully saturated rings. The number of pyridine rings is 1. The van der Waals surface area contributed by atoms with Crippen LogP contribution in [0.3, 0.4) is 0 Å². The summed E-state index contributed by atoms with van der Waals surface area (Å²) in [6.07, 6.45) is 1.000. The Labute approximate surface area is 179 Å². The molecule has 3 aromatic carbocycles. The highest BCUT2D eigenvalue weighted by atomic mass is 35.5. The van der Waals surface area contributed by atoms with Crippen molar-refractivity contribution in [3.05, 3.63) is 100 Å². The van der Waals surface area contributed by atoms with Crippen molar-refractivity contribution in [2.24, 2.45) is 0 Å². The van der Waals surface area contributed by atoms with E-state index in [1.165, 1.54) is 17.2 Å². The predicted octanol–water partition coefficient (Wildman–Crippen LogP) is 6.17. The summed E-state index contributed by atoms with van der Waals surface area (Å²) in [5.41, 5.74) is 3.85. The van der Waals surface area contributed by atoms with Gasteiger partial charge in [-0.3, -0.25) is 0 Å². The zero-order chi connectivity index (χ0) is 20.5. The standard InChI is InChI=1S/C25H20ClFN2O/c26-21-8-4-9-22(27)20(21)16-30-23-10-3-7-18-11-12-24(28-25(18)23)29-14-13-17-5-1-2-6-19(17)15-29/h1-12H,13-16H2. The lowest BCUT2D eigenvalue weighted by atomic mass is 10.00. The van der Waals surface area contributed by atoms with E-state index in [0.717, 1.165) is 36.2 Å². The Bertz CT molecular complexity index is 1210. The fraction of sp³-hybridized carbons (Fsp3) is 0.160. The van der Waals surface area contributed by atoms with Gasteiger partial charge in [-0.2, -0.15) is 0 Å². The third-order valence-corrected chi connectivity index (χ3v) is 5.91. The van der Waals surface area contributed by atoms with E-state index in [1.54, 1.807) is 12.1 Å². The maximum atomic E-state index is 14.1. The second kappa shape index (κ2) is 7.96. The fourth-order valence-corrected chi connectivity index (χ4v) is 4.13. The molecule has 4 aromatic rings. The van der Waals surface area contributed by atoms with E-state index < -0.39 is 0 Å². The highest BCUT2D eigenvalue weighted by molar-refractivity contribution is 6.31. The number of nitrogens with zero attached hydrogens (tertiary/aromatic N) is 2. The van der Waals surface area contributed by atoms with Gasteiger partial charge in [-0.25, -0.2) is 9.37 Å². The molecule has 0 saturated carbocycles. The first-order valence-corrected chi connectivity index (χ1v) is 10.3. The molecule has 0 radical (unpaired) electrons. The lowest BCUT2D eigenvalue weighted by Crippen LogP contribution is -2.30. The number of para-hydroxylation sites is 1. The topological polar surface area (TPSA) is 25.4 Å². The minimum absolute atomic E-state index is 0.0492. The number of ether oxygens (including phenoxy) is 1. The number of fused-ring (bicyclic) bond motifs is 2. The lowest BCUT2D eigenvalue weighted by molar-refractivity contribution is 0.303. The summed E-state index contributed by atoms with van der Waals surface area (Å²) in [4.78, 5) is 7.19. The van der Waals surface area contributed by atoms with Crippen LogP contribution in [0.2, 0.25) is 5.02 Å². The van der Waals surface area contributed by atoms with Gasteiger partial charge in [0.2, 0.25) is 0 Å². The van der Waals surface area contributed by atoms with E-state index in [-0.39, 0.29) is 12.4 Å². The van der Waals surface area contributed by atoms with Gasteiger partial charge in [0, 0.05) is 24.0 Å². The molecule has 0 saturated heterocycles. The Hall–Kier alpha value is -3.11. The number of halogens is 2. The summed E-state index contributed by atoms with van der Waals surface area (Å²) in [5, 5.41) is 1.34. The maximum Gasteiger partial charge on any atom is 0.146 e. The van der Waals surface area contributed by atoms with E-state index in [1.807, 2.05) is 24.3 Å². The summed E-state index contributed by atoms with van der Waals surface area (Å²) < 4.78 is 20.1. The second-order valence-corrected chi connectivity index (χ2v) is 7.83. The van der Waals surface area contributed by atoms with Gasteiger partial charge in [-0.05, 0) is 47.9 Å². The third kappa shape index (κ3) is 3.59. The summed E-state index contributed by atoms with van der Waals surface area (Å²) in [5.74, 6) is 1.16. The van der Waals surface area contributed by atoms with E-state index in [4.69, 9.17) is 21.3 Å². The normalized spacial score (nSPS) is 13.3. The van der Waals surface area contributed by atoms with Crippen molar-refractivity contribution < 1.29 is 9.13 Å². The third-order valence-electron chi connectivity index (χ3n) is 5.56. The smallest absolute Gasteiger partial charge is 0.146 e. The largest absolute Gasteiger partial charge is 0.486 e. The summed E-state index contributed by atoms with van der Waals surface area (Å²) in [7, 11) is 0. The van der Waals surface area contributed by atoms with Gasteiger partial charge in [0.25, 0.3) is 0 Å². The average Bonchev–Trinajstić information content (AvgIpc) is 2.78. The van der Waals surface area contributed by atoms with E-state index in [0.29, 0.717) is 16.3 Å². The van der Waals surface area contributed by atoms with Crippen LogP contribution < -0.4 is 9.64 Å². The van der Waals surface area contributed by atoms with E-state index in [2.05, 4.69) is 35.2 Å². The molecule has 1 aliphatic heterocycles. The van der Waals surface area contributed by atoms with Crippen molar-refractivity contribution in [1.82, 2.24) is 4.98 Å². The number of benzene rings is 3. The van der Waals surface area contributed by atoms with Crippen LogP contribution in [-0.4, -0.2) is 11.5 Å². The number of anilines is 1. The van der Waals surface area contributed by atoms with Gasteiger partial charge in [0.05, 0.1) is 5.02 Å². The molecule has 3 nitrogen and oxygen atoms in total. The van der Waals surface area contributed by atoms with E-state index in [9.17, 15) is 4.39 Å². The molecule has 0 bridgehead atoms. The highest BCUT2D eigenvalue weighted by Gasteiger charge is 2.18. The number of hydrogen-bond acceptors (Lipinski definition) is 3. The van der Waals surface area contributed by atoms with Crippen LogP contribution in [0, 0.1) is 5.82 Å². The van der Waals surface area contributed by atoms with Crippen molar-refractivity contribution in [3.63, 3.8) is 0 Å². The first-order chi connectivity index (χ1) is 14.7. The van der Waals surface area contributed by atoms with Crippen LogP contribution in [0.25, 0.3) is 10.9 Å². The maximum absolute atomic E-state index is 14.1. The van der Waals surface area contributed by atoms with Crippen LogP contribution in [0.5, 0.6) is 5.75 Å². The van der Waals surface area contributed by atoms with Crippen molar-refractivity contribution in [3.8, 4) is 5.75 Å². The van der Waals surface area contributed by atoms with Gasteiger partial charge in [0.1, 0.15) is 29.5 Å². The number of aromatic nitrogens is 1. The molecule has 30 heavy (non-hydrogen) atoms. The molecule has 2 heterocycles. The fourth-order valence-electron chi connectivity index (χ4n) is 3.91. The molecule has 5 rings (SSSR count). The van der Waals surface area contributed by atoms with E-state index >= 15 is 0 Å². The lowest BCUT2D eigenvalue weighted by Gasteiger charge is -2.30. The molecule has 150 valence electrons. The quantitative estimate of drug-likeness (QED) is 0.396. The Morgan fingerprint density at radius 1 is 0.933 bits per heavy atom. The first-order valence-electron chi connectivity index (χ1n) is 9.96. The Kier molecular flexibility index (Phi) is 5.01. The minimum Gasteiger partial charge on any atom is -0.486 e. The number of hydrogen-bond donors (Lipinski definition) is 0. The first kappa shape index (κ1) is 18.9. The molecular weight excluding hydrogens is 399 g/mol. The van der Waals surface area contributed by atoms with Crippen molar-refractivity contribution in [2.75, 3.05) is 11.4 Å². The molecule has 0 spiro atoms. The van der Waals surface area contributed by atoms with Crippen LogP contribution in [0.4, 0.5) is 10.2 Å². The Morgan fingerprint density at radius 2 is 1.77 bits per heavy atom. The molecule has 0 atom stereocenters. The van der Waals surface area contributed by atoms with Crippen LogP contribution >= 0.6 is 11.6 Å². The zero-order valence-corrected chi connectivity index (χ0v) is 17.1. The highest BCUT2D eigenvalue weighted by Crippen LogP contribution is 2.30. The zero-order valence-electron chi connectivity index (χ0n) is 16.3. The molecule has 0 N–H and O–H groups in total. The molecule has 5 heteroatoms. The van der Waals surface area contributed by atoms with Crippen molar-refractivity contribution in [1.29, 1.82) is 0 Å². The molecule has 0 unspecified atom stereocenters. The molecule has 0 aliphatic carbocycles. The molecular formula is C25H20ClFN2O. The van der Waals surface area contributed by atoms with Crippen LogP contribution in [0.1, 0.15) is 16.7 Å². The molecule has 1 aromatic heterocycles. The second-order valence-electron chi connectivity index (χ2n) is 7.43. The predicted molar refractivity (Wildman–Crippen MR) is 119 cm³/mol. The average molecular weight is 419 g/mol. The molecule has 0 amide bonds. The summed E-state index contributed by atoms with van der Waals surface area (Å²) >= 11 is 6.14. The summed E-state index contributed by atoms with van der Waals surface area (Å²) in [6.45, 7) is 1.81. The summed E-state index contributed by atoms with van der Waals surface area (Å²) in [6, 6.07) is 23.1. The Balaban J connectivity index is 1.44. The van der Waals surface area contributed by atoms with Gasteiger partial charge in [-0.15, -0.1) is 0 Å². The molecule has 1 aliphatic rings. The Morgan fingerprint density at radius 3 is 2.63 bits per heavy atom. The van der Waals surface area contributed by atoms with Gasteiger partial charge in [0.15, 0.2) is 0 Å². The monoisotopic (exact) mass is 418 g/mol. The van der Waals surface area contributed by atoms with Crippen LogP contribution in [-0.2, 0) is 19.6 Å². The number of rotatable bonds is 4. The van der Waals surface area contributed by atoms with Crippen molar-refractivity contribution in [2.45, 2.75) is 19.6 Å². The minimum atomic E-state index is -0.372. The SMILES string of the molecule is Fc1cccc(Cl)c1COc1cccc2ccc(N3CCc4ccccc4C3)nc12. The van der Waals surface area contributed by atoms with Crippen molar-refractivity contribution >= 4 is 28.3 Å². The van der Waals surface area contributed by atoms with Gasteiger partial charge >= 0.3 is 0 Å². The van der Waals surface area contributed by atoms with Gasteiger partial charge in [-0.1, -0.05) is 54.1 Å². The van der Waals surface area contributed by atoms with Gasteiger partial charge < -0.3 is 9.64 Å². The van der Waals surface area contributed by atoms with Crippen LogP contribution in [0.15, 0.2) is 72.8 Å².